The van der Waals surface area contributed by atoms with E-state index in [0.29, 0.717) is 43.1 Å². The number of halogens is 1. The molecular weight excluding hydrogens is 430 g/mol. The van der Waals surface area contributed by atoms with Gasteiger partial charge in [-0.3, -0.25) is 14.5 Å². The minimum atomic E-state index is -0.337. The van der Waals surface area contributed by atoms with Crippen molar-refractivity contribution in [3.63, 3.8) is 0 Å². The van der Waals surface area contributed by atoms with Crippen molar-refractivity contribution in [1.29, 1.82) is 0 Å². The van der Waals surface area contributed by atoms with E-state index in [4.69, 9.17) is 11.6 Å². The van der Waals surface area contributed by atoms with Crippen LogP contribution in [0.2, 0.25) is 5.02 Å². The summed E-state index contributed by atoms with van der Waals surface area (Å²) in [7, 11) is 0. The molecule has 0 spiro atoms. The second-order valence-corrected chi connectivity index (χ2v) is 8.54. The highest BCUT2D eigenvalue weighted by atomic mass is 35.5. The number of hydrogen-bond donors (Lipinski definition) is 4. The maximum atomic E-state index is 12.4. The lowest BCUT2D eigenvalue weighted by Crippen LogP contribution is -2.58. The number of carbonyl (C=O) groups excluding carboxylic acids is 3. The summed E-state index contributed by atoms with van der Waals surface area (Å²) >= 11 is 5.96. The predicted molar refractivity (Wildman–Crippen MR) is 124 cm³/mol. The first-order chi connectivity index (χ1) is 15.5. The van der Waals surface area contributed by atoms with Crippen molar-refractivity contribution in [3.05, 3.63) is 59.6 Å². The number of anilines is 2. The Kier molecular flexibility index (Phi) is 6.92. The normalized spacial score (nSPS) is 22.5. The van der Waals surface area contributed by atoms with Crippen LogP contribution in [0.5, 0.6) is 0 Å². The predicted octanol–water partition coefficient (Wildman–Crippen LogP) is 2.82. The second kappa shape index (κ2) is 10.0. The number of piperazine rings is 1. The number of urea groups is 1. The molecule has 168 valence electrons. The number of hydrogen-bond acceptors (Lipinski definition) is 4. The van der Waals surface area contributed by atoms with E-state index in [0.717, 1.165) is 5.69 Å². The number of rotatable bonds is 6. The van der Waals surface area contributed by atoms with Crippen LogP contribution in [0.3, 0.4) is 0 Å². The van der Waals surface area contributed by atoms with E-state index in [1.54, 1.807) is 24.3 Å². The molecule has 2 aliphatic rings. The summed E-state index contributed by atoms with van der Waals surface area (Å²) in [5.41, 5.74) is 1.37. The number of carbonyl (C=O) groups is 3. The second-order valence-electron chi connectivity index (χ2n) is 8.11. The van der Waals surface area contributed by atoms with E-state index in [9.17, 15) is 14.4 Å². The molecule has 2 aromatic carbocycles. The van der Waals surface area contributed by atoms with E-state index in [2.05, 4.69) is 26.2 Å². The van der Waals surface area contributed by atoms with Crippen molar-refractivity contribution in [2.45, 2.75) is 37.4 Å². The average Bonchev–Trinajstić information content (AvgIpc) is 3.18. The molecule has 0 bridgehead atoms. The van der Waals surface area contributed by atoms with Crippen LogP contribution in [0.25, 0.3) is 0 Å². The summed E-state index contributed by atoms with van der Waals surface area (Å²) in [5.74, 6) is -0.0889. The van der Waals surface area contributed by atoms with Crippen molar-refractivity contribution in [2.75, 3.05) is 23.7 Å². The van der Waals surface area contributed by atoms with Gasteiger partial charge in [-0.2, -0.15) is 0 Å². The molecule has 32 heavy (non-hydrogen) atoms. The number of benzene rings is 2. The summed E-state index contributed by atoms with van der Waals surface area (Å²) in [6, 6.07) is 15.5. The first-order valence-corrected chi connectivity index (χ1v) is 11.1. The Bertz CT molecular complexity index is 987. The molecule has 2 aliphatic heterocycles. The van der Waals surface area contributed by atoms with Gasteiger partial charge in [0.25, 0.3) is 0 Å². The van der Waals surface area contributed by atoms with Crippen molar-refractivity contribution < 1.29 is 14.4 Å². The van der Waals surface area contributed by atoms with Crippen LogP contribution in [0, 0.1) is 0 Å². The minimum Gasteiger partial charge on any atom is -0.353 e. The molecule has 0 aromatic heterocycles. The molecule has 0 radical (unpaired) electrons. The van der Waals surface area contributed by atoms with Crippen LogP contribution < -0.4 is 21.3 Å². The Labute approximate surface area is 191 Å². The molecule has 2 heterocycles. The molecule has 3 atom stereocenters. The average molecular weight is 456 g/mol. The Morgan fingerprint density at radius 1 is 1.06 bits per heavy atom. The van der Waals surface area contributed by atoms with Crippen molar-refractivity contribution in [2.24, 2.45) is 0 Å². The van der Waals surface area contributed by atoms with E-state index >= 15 is 0 Å². The largest absolute Gasteiger partial charge is 0.353 e. The van der Waals surface area contributed by atoms with Gasteiger partial charge in [-0.05, 0) is 43.2 Å². The molecule has 2 fully saturated rings. The van der Waals surface area contributed by atoms with Gasteiger partial charge in [-0.1, -0.05) is 35.9 Å². The highest BCUT2D eigenvalue weighted by molar-refractivity contribution is 6.30. The fraction of sp³-hybridized carbons (Fsp3) is 0.348. The number of fused-ring (bicyclic) bond motifs is 1. The fourth-order valence-corrected chi connectivity index (χ4v) is 4.50. The molecule has 4 amide bonds. The van der Waals surface area contributed by atoms with Crippen LogP contribution in [-0.2, 0) is 9.59 Å². The molecule has 3 unspecified atom stereocenters. The Hall–Kier alpha value is -3.10. The van der Waals surface area contributed by atoms with Crippen molar-refractivity contribution in [1.82, 2.24) is 15.5 Å². The third kappa shape index (κ3) is 5.57. The first kappa shape index (κ1) is 22.1. The SMILES string of the molecule is O=C(CCC1CNC(=O)C2CC(NC(=O)Nc3cccc(Cl)c3)CN12)Nc1ccccc1. The van der Waals surface area contributed by atoms with Gasteiger partial charge in [0.05, 0.1) is 6.04 Å². The van der Waals surface area contributed by atoms with E-state index in [-0.39, 0.29) is 36.0 Å². The zero-order chi connectivity index (χ0) is 22.5. The zero-order valence-corrected chi connectivity index (χ0v) is 18.3. The number of amides is 4. The quantitative estimate of drug-likeness (QED) is 0.537. The summed E-state index contributed by atoms with van der Waals surface area (Å²) in [6.45, 7) is 1.06. The summed E-state index contributed by atoms with van der Waals surface area (Å²) < 4.78 is 0. The van der Waals surface area contributed by atoms with Gasteiger partial charge < -0.3 is 21.3 Å². The topological polar surface area (TPSA) is 103 Å². The van der Waals surface area contributed by atoms with Crippen LogP contribution in [-0.4, -0.2) is 54.0 Å². The van der Waals surface area contributed by atoms with Crippen LogP contribution in [0.15, 0.2) is 54.6 Å². The maximum absolute atomic E-state index is 12.4. The molecule has 0 aliphatic carbocycles. The van der Waals surface area contributed by atoms with Gasteiger partial charge in [0.2, 0.25) is 11.8 Å². The van der Waals surface area contributed by atoms with Gasteiger partial charge in [-0.15, -0.1) is 0 Å². The Morgan fingerprint density at radius 2 is 1.84 bits per heavy atom. The van der Waals surface area contributed by atoms with Crippen LogP contribution in [0.1, 0.15) is 19.3 Å². The zero-order valence-electron chi connectivity index (χ0n) is 17.5. The highest BCUT2D eigenvalue weighted by Gasteiger charge is 2.43. The standard InChI is InChI=1S/C23H26ClN5O3/c24-15-5-4-8-17(11-15)27-23(32)28-18-12-20-22(31)25-13-19(29(20)14-18)9-10-21(30)26-16-6-2-1-3-7-16/h1-8,11,18-20H,9-10,12-14H2,(H,25,31)(H,26,30)(H2,27,28,32). The monoisotopic (exact) mass is 455 g/mol. The van der Waals surface area contributed by atoms with Gasteiger partial charge in [0.15, 0.2) is 0 Å². The van der Waals surface area contributed by atoms with Gasteiger partial charge in [0.1, 0.15) is 0 Å². The number of nitrogens with zero attached hydrogens (tertiary/aromatic N) is 1. The van der Waals surface area contributed by atoms with E-state index in [1.807, 2.05) is 30.3 Å². The van der Waals surface area contributed by atoms with Crippen LogP contribution >= 0.6 is 11.6 Å². The summed E-state index contributed by atoms with van der Waals surface area (Å²) in [6.07, 6.45) is 1.50. The molecule has 8 nitrogen and oxygen atoms in total. The molecule has 4 N–H and O–H groups in total. The molecule has 2 saturated heterocycles. The van der Waals surface area contributed by atoms with Gasteiger partial charge in [0, 0.05) is 48.0 Å². The molecule has 0 saturated carbocycles. The van der Waals surface area contributed by atoms with Gasteiger partial charge in [-0.25, -0.2) is 4.79 Å². The first-order valence-electron chi connectivity index (χ1n) is 10.7. The lowest BCUT2D eigenvalue weighted by atomic mass is 10.0. The van der Waals surface area contributed by atoms with E-state index < -0.39 is 0 Å². The lowest BCUT2D eigenvalue weighted by molar-refractivity contribution is -0.129. The third-order valence-electron chi connectivity index (χ3n) is 5.80. The van der Waals surface area contributed by atoms with Crippen molar-refractivity contribution >= 4 is 40.8 Å². The van der Waals surface area contributed by atoms with Crippen LogP contribution in [0.4, 0.5) is 16.2 Å². The fourth-order valence-electron chi connectivity index (χ4n) is 4.31. The van der Waals surface area contributed by atoms with E-state index in [1.165, 1.54) is 0 Å². The Balaban J connectivity index is 1.30. The molecule has 9 heteroatoms. The van der Waals surface area contributed by atoms with Gasteiger partial charge >= 0.3 is 6.03 Å². The summed E-state index contributed by atoms with van der Waals surface area (Å²) in [4.78, 5) is 39.2. The minimum absolute atomic E-state index is 0.0328. The number of nitrogens with one attached hydrogen (secondary N) is 4. The lowest BCUT2D eigenvalue weighted by Gasteiger charge is -2.37. The maximum Gasteiger partial charge on any atom is 0.319 e. The third-order valence-corrected chi connectivity index (χ3v) is 6.04. The Morgan fingerprint density at radius 3 is 2.62 bits per heavy atom. The molecule has 2 aromatic rings. The smallest absolute Gasteiger partial charge is 0.319 e. The molecule has 4 rings (SSSR count). The number of para-hydroxylation sites is 1. The highest BCUT2D eigenvalue weighted by Crippen LogP contribution is 2.26. The molecular formula is C23H26ClN5O3. The van der Waals surface area contributed by atoms with Crippen molar-refractivity contribution in [3.8, 4) is 0 Å². The summed E-state index contributed by atoms with van der Waals surface area (Å²) in [5, 5.41) is 12.1.